The molecule has 8 nitrogen and oxygen atoms in total. The normalized spacial score (nSPS) is 14.5. The Morgan fingerprint density at radius 1 is 1.08 bits per heavy atom. The zero-order chi connectivity index (χ0) is 27.8. The number of thioether (sulfide) groups is 1. The summed E-state index contributed by atoms with van der Waals surface area (Å²) in [5.74, 6) is 2.67. The molecule has 0 radical (unpaired) electrons. The van der Waals surface area contributed by atoms with Gasteiger partial charge in [0.2, 0.25) is 11.1 Å². The highest BCUT2D eigenvalue weighted by Crippen LogP contribution is 2.40. The van der Waals surface area contributed by atoms with Crippen LogP contribution in [0.4, 0.5) is 11.6 Å². The van der Waals surface area contributed by atoms with Gasteiger partial charge in [0.15, 0.2) is 11.5 Å². The van der Waals surface area contributed by atoms with E-state index in [1.807, 2.05) is 61.0 Å². The van der Waals surface area contributed by atoms with E-state index < -0.39 is 6.04 Å². The number of anilines is 2. The second kappa shape index (κ2) is 13.6. The topological polar surface area (TPSA) is 90.3 Å². The van der Waals surface area contributed by atoms with Crippen LogP contribution in [0.5, 0.6) is 11.5 Å². The molecular weight excluding hydrogens is 510 g/mol. The molecule has 9 heteroatoms. The molecule has 0 fully saturated rings. The summed E-state index contributed by atoms with van der Waals surface area (Å²) < 4.78 is 13.5. The van der Waals surface area contributed by atoms with Gasteiger partial charge in [-0.15, -0.1) is 5.10 Å². The van der Waals surface area contributed by atoms with Crippen molar-refractivity contribution in [3.8, 4) is 11.5 Å². The molecule has 2 aromatic carbocycles. The van der Waals surface area contributed by atoms with Gasteiger partial charge in [-0.25, -0.2) is 4.68 Å². The fourth-order valence-electron chi connectivity index (χ4n) is 4.53. The fourth-order valence-corrected chi connectivity index (χ4v) is 5.44. The number of aryl methyl sites for hydroxylation is 1. The molecule has 1 aliphatic heterocycles. The summed E-state index contributed by atoms with van der Waals surface area (Å²) in [6.45, 7) is 8.88. The van der Waals surface area contributed by atoms with E-state index in [0.29, 0.717) is 34.8 Å². The standard InChI is InChI=1S/C30H39N5O3S/c1-6-8-10-16-38-24-15-14-22(19-25(24)37-5)27-26(28(36)32-23-13-11-12-20(3)18-23)21(4)31-29-33-30(34-35(27)29)39-17-9-7-2/h11-15,18-19,27H,6-10,16-17H2,1-5H3,(H,32,36)(H,31,33,34). The predicted molar refractivity (Wildman–Crippen MR) is 158 cm³/mol. The number of unbranched alkanes of at least 4 members (excludes halogenated alkanes) is 3. The molecule has 0 bridgehead atoms. The van der Waals surface area contributed by atoms with E-state index >= 15 is 0 Å². The number of methoxy groups -OCH3 is 1. The second-order valence-electron chi connectivity index (χ2n) is 9.72. The first kappa shape index (κ1) is 28.5. The Balaban J connectivity index is 1.71. The Kier molecular flexibility index (Phi) is 9.92. The lowest BCUT2D eigenvalue weighted by Gasteiger charge is -2.29. The van der Waals surface area contributed by atoms with Gasteiger partial charge in [-0.1, -0.05) is 63.1 Å². The molecule has 1 aromatic heterocycles. The first-order valence-corrected chi connectivity index (χ1v) is 14.7. The van der Waals surface area contributed by atoms with Gasteiger partial charge in [0.05, 0.1) is 19.3 Å². The fraction of sp³-hybridized carbons (Fsp3) is 0.433. The lowest BCUT2D eigenvalue weighted by molar-refractivity contribution is -0.113. The summed E-state index contributed by atoms with van der Waals surface area (Å²) in [6, 6.07) is 13.1. The number of carbonyl (C=O) groups is 1. The van der Waals surface area contributed by atoms with Crippen LogP contribution in [0.3, 0.4) is 0 Å². The number of allylic oxidation sites excluding steroid dienone is 1. The largest absolute Gasteiger partial charge is 0.493 e. The summed E-state index contributed by atoms with van der Waals surface area (Å²) in [5, 5.41) is 11.9. The van der Waals surface area contributed by atoms with E-state index in [0.717, 1.165) is 60.4 Å². The summed E-state index contributed by atoms with van der Waals surface area (Å²) in [5.41, 5.74) is 3.97. The summed E-state index contributed by atoms with van der Waals surface area (Å²) >= 11 is 1.63. The predicted octanol–water partition coefficient (Wildman–Crippen LogP) is 6.98. The highest BCUT2D eigenvalue weighted by Gasteiger charge is 2.35. The van der Waals surface area contributed by atoms with Crippen LogP contribution in [-0.4, -0.2) is 40.1 Å². The first-order chi connectivity index (χ1) is 18.9. The molecule has 2 heterocycles. The Morgan fingerprint density at radius 3 is 2.64 bits per heavy atom. The Bertz CT molecular complexity index is 1320. The number of amides is 1. The minimum absolute atomic E-state index is 0.198. The number of hydrogen-bond acceptors (Lipinski definition) is 7. The van der Waals surface area contributed by atoms with E-state index in [-0.39, 0.29) is 5.91 Å². The third-order valence-corrected chi connectivity index (χ3v) is 7.52. The number of nitrogens with one attached hydrogen (secondary N) is 2. The lowest BCUT2D eigenvalue weighted by Crippen LogP contribution is -2.31. The molecule has 1 amide bonds. The maximum absolute atomic E-state index is 13.8. The van der Waals surface area contributed by atoms with Crippen molar-refractivity contribution in [3.05, 3.63) is 64.9 Å². The van der Waals surface area contributed by atoms with Gasteiger partial charge in [0.25, 0.3) is 5.91 Å². The molecule has 3 aromatic rings. The SMILES string of the molecule is CCCCCOc1ccc(C2C(C(=O)Nc3cccc(C)c3)=C(C)Nc3nc(SCCCC)nn32)cc1OC. The average molecular weight is 550 g/mol. The van der Waals surface area contributed by atoms with E-state index in [9.17, 15) is 4.79 Å². The number of fused-ring (bicyclic) bond motifs is 1. The van der Waals surface area contributed by atoms with Crippen molar-refractivity contribution in [1.29, 1.82) is 0 Å². The number of aromatic nitrogens is 3. The van der Waals surface area contributed by atoms with E-state index in [1.54, 1.807) is 18.9 Å². The monoisotopic (exact) mass is 549 g/mol. The maximum atomic E-state index is 13.8. The minimum Gasteiger partial charge on any atom is -0.493 e. The van der Waals surface area contributed by atoms with Crippen LogP contribution in [0.1, 0.15) is 70.0 Å². The van der Waals surface area contributed by atoms with Gasteiger partial charge >= 0.3 is 0 Å². The molecule has 0 saturated heterocycles. The van der Waals surface area contributed by atoms with Crippen molar-refractivity contribution in [2.45, 2.75) is 71.0 Å². The van der Waals surface area contributed by atoms with Gasteiger partial charge in [-0.2, -0.15) is 4.98 Å². The van der Waals surface area contributed by atoms with Crippen molar-refractivity contribution >= 4 is 29.3 Å². The average Bonchev–Trinajstić information content (AvgIpc) is 3.32. The van der Waals surface area contributed by atoms with Gasteiger partial charge in [0.1, 0.15) is 6.04 Å². The van der Waals surface area contributed by atoms with Crippen molar-refractivity contribution in [3.63, 3.8) is 0 Å². The van der Waals surface area contributed by atoms with Gasteiger partial charge in [-0.3, -0.25) is 4.79 Å². The van der Waals surface area contributed by atoms with Crippen molar-refractivity contribution in [2.24, 2.45) is 0 Å². The molecule has 0 spiro atoms. The maximum Gasteiger partial charge on any atom is 0.255 e. The first-order valence-electron chi connectivity index (χ1n) is 13.7. The molecule has 208 valence electrons. The van der Waals surface area contributed by atoms with Crippen molar-refractivity contribution in [2.75, 3.05) is 30.1 Å². The van der Waals surface area contributed by atoms with Crippen LogP contribution in [0.25, 0.3) is 0 Å². The molecule has 39 heavy (non-hydrogen) atoms. The smallest absolute Gasteiger partial charge is 0.255 e. The molecular formula is C30H39N5O3S. The number of hydrogen-bond donors (Lipinski definition) is 2. The highest BCUT2D eigenvalue weighted by molar-refractivity contribution is 7.99. The van der Waals surface area contributed by atoms with Crippen molar-refractivity contribution < 1.29 is 14.3 Å². The van der Waals surface area contributed by atoms with Crippen LogP contribution in [0.2, 0.25) is 0 Å². The summed E-state index contributed by atoms with van der Waals surface area (Å²) in [7, 11) is 1.64. The third kappa shape index (κ3) is 6.95. The summed E-state index contributed by atoms with van der Waals surface area (Å²) in [6.07, 6.45) is 5.43. The Labute approximate surface area is 235 Å². The molecule has 1 aliphatic rings. The number of carbonyl (C=O) groups excluding carboxylic acids is 1. The number of nitrogens with zero attached hydrogens (tertiary/aromatic N) is 3. The van der Waals surface area contributed by atoms with Crippen LogP contribution in [-0.2, 0) is 4.79 Å². The molecule has 1 unspecified atom stereocenters. The number of benzene rings is 2. The van der Waals surface area contributed by atoms with E-state index in [2.05, 4.69) is 24.5 Å². The van der Waals surface area contributed by atoms with E-state index in [1.165, 1.54) is 0 Å². The molecule has 0 aliphatic carbocycles. The van der Waals surface area contributed by atoms with Crippen molar-refractivity contribution in [1.82, 2.24) is 14.8 Å². The quantitative estimate of drug-likeness (QED) is 0.175. The molecule has 1 atom stereocenters. The van der Waals surface area contributed by atoms with Gasteiger partial charge in [-0.05, 0) is 62.1 Å². The molecule has 2 N–H and O–H groups in total. The number of rotatable bonds is 13. The zero-order valence-electron chi connectivity index (χ0n) is 23.5. The van der Waals surface area contributed by atoms with Gasteiger partial charge < -0.3 is 20.1 Å². The zero-order valence-corrected chi connectivity index (χ0v) is 24.4. The highest BCUT2D eigenvalue weighted by atomic mass is 32.2. The lowest BCUT2D eigenvalue weighted by atomic mass is 9.94. The molecule has 4 rings (SSSR count). The van der Waals surface area contributed by atoms with Crippen LogP contribution in [0.15, 0.2) is 58.9 Å². The molecule has 0 saturated carbocycles. The summed E-state index contributed by atoms with van der Waals surface area (Å²) in [4.78, 5) is 18.5. The Morgan fingerprint density at radius 2 is 1.90 bits per heavy atom. The third-order valence-electron chi connectivity index (χ3n) is 6.59. The van der Waals surface area contributed by atoms with Crippen LogP contribution in [0, 0.1) is 6.92 Å². The van der Waals surface area contributed by atoms with Gasteiger partial charge in [0, 0.05) is 17.1 Å². The Hall–Kier alpha value is -3.46. The minimum atomic E-state index is -0.498. The van der Waals surface area contributed by atoms with Crippen LogP contribution < -0.4 is 20.1 Å². The van der Waals surface area contributed by atoms with E-state index in [4.69, 9.17) is 19.6 Å². The second-order valence-corrected chi connectivity index (χ2v) is 10.8. The van der Waals surface area contributed by atoms with Crippen LogP contribution >= 0.6 is 11.8 Å². The number of ether oxygens (including phenoxy) is 2.